The highest BCUT2D eigenvalue weighted by Crippen LogP contribution is 2.34. The molecule has 0 fully saturated rings. The zero-order valence-electron chi connectivity index (χ0n) is 15.5. The van der Waals surface area contributed by atoms with Gasteiger partial charge in [-0.3, -0.25) is 4.79 Å². The molecule has 0 saturated heterocycles. The van der Waals surface area contributed by atoms with Gasteiger partial charge >= 0.3 is 5.51 Å². The Morgan fingerprint density at radius 3 is 2.08 bits per heavy atom. The van der Waals surface area contributed by atoms with Crippen molar-refractivity contribution >= 4 is 17.8 Å². The fraction of sp³-hybridized carbons (Fsp3) is 0.588. The maximum absolute atomic E-state index is 12.1. The van der Waals surface area contributed by atoms with Crippen molar-refractivity contribution in [1.82, 2.24) is 0 Å². The Hall–Kier alpha value is -1.41. The van der Waals surface area contributed by atoms with Crippen LogP contribution in [0.2, 0.25) is 0 Å². The molecule has 0 aliphatic rings. The van der Waals surface area contributed by atoms with E-state index in [9.17, 15) is 18.0 Å². The van der Waals surface area contributed by atoms with Crippen LogP contribution in [0.3, 0.4) is 0 Å². The predicted octanol–water partition coefficient (Wildman–Crippen LogP) is 5.90. The number of rotatable bonds is 8. The lowest BCUT2D eigenvalue weighted by molar-refractivity contribution is -0.0369. The van der Waals surface area contributed by atoms with Gasteiger partial charge in [0, 0.05) is 31.8 Å². The van der Waals surface area contributed by atoms with E-state index in [0.717, 1.165) is 0 Å². The van der Waals surface area contributed by atoms with Crippen molar-refractivity contribution < 1.29 is 31.6 Å². The lowest BCUT2D eigenvalue weighted by Gasteiger charge is -2.11. The number of methoxy groups -OCH3 is 1. The minimum Gasteiger partial charge on any atom is -0.493 e. The van der Waals surface area contributed by atoms with E-state index in [1.807, 2.05) is 27.7 Å². The van der Waals surface area contributed by atoms with Crippen LogP contribution in [0.4, 0.5) is 13.2 Å². The van der Waals surface area contributed by atoms with Gasteiger partial charge in [0.2, 0.25) is 0 Å². The van der Waals surface area contributed by atoms with Crippen molar-refractivity contribution in [2.75, 3.05) is 20.3 Å². The molecule has 1 aromatic rings. The molecule has 4 nitrogen and oxygen atoms in total. The average Bonchev–Trinajstić information content (AvgIpc) is 2.60. The Labute approximate surface area is 152 Å². The van der Waals surface area contributed by atoms with E-state index in [1.54, 1.807) is 7.11 Å². The molecule has 1 aromatic carbocycles. The van der Waals surface area contributed by atoms with Gasteiger partial charge in [0.15, 0.2) is 17.8 Å². The minimum atomic E-state index is -4.52. The average molecular weight is 384 g/mol. The number of hydrogen-bond donors (Lipinski definition) is 0. The van der Waals surface area contributed by atoms with Crippen LogP contribution in [0.25, 0.3) is 0 Å². The molecule has 0 saturated carbocycles. The molecule has 146 valence electrons. The van der Waals surface area contributed by atoms with Gasteiger partial charge in [-0.1, -0.05) is 27.7 Å². The maximum atomic E-state index is 12.1. The van der Waals surface area contributed by atoms with Crippen LogP contribution in [0.15, 0.2) is 18.2 Å². The Balaban J connectivity index is 0. The van der Waals surface area contributed by atoms with E-state index in [0.29, 0.717) is 19.6 Å². The van der Waals surface area contributed by atoms with E-state index in [4.69, 9.17) is 9.47 Å². The summed E-state index contributed by atoms with van der Waals surface area (Å²) in [6.07, 6.45) is 0.619. The molecular formula is C17H27F3O4S. The molecule has 0 bridgehead atoms. The molecule has 0 heterocycles. The van der Waals surface area contributed by atoms with Crippen LogP contribution >= 0.6 is 12.0 Å². The number of carbonyl (C=O) groups excluding carboxylic acids is 1. The number of Topliss-reactive ketones (excluding diaryl/α,β-unsaturated/α-hetero) is 1. The highest BCUT2D eigenvalue weighted by Gasteiger charge is 2.31. The summed E-state index contributed by atoms with van der Waals surface area (Å²) in [6.45, 7) is 10.1. The number of benzene rings is 1. The third-order valence-corrected chi connectivity index (χ3v) is 2.75. The van der Waals surface area contributed by atoms with Crippen molar-refractivity contribution in [1.29, 1.82) is 0 Å². The molecule has 0 N–H and O–H groups in total. The first-order valence-corrected chi connectivity index (χ1v) is 8.76. The number of alkyl halides is 3. The number of carbonyl (C=O) groups is 1. The SMILES string of the molecule is CC.CC.COCCCOc1cc(OSC(F)(F)F)cc(C(C)=O)c1. The molecule has 1 rings (SSSR count). The van der Waals surface area contributed by atoms with Crippen LogP contribution in [0.5, 0.6) is 11.5 Å². The molecule has 0 aliphatic heterocycles. The van der Waals surface area contributed by atoms with Gasteiger partial charge in [0.05, 0.1) is 6.61 Å². The fourth-order valence-corrected chi connectivity index (χ4v) is 1.68. The number of halogens is 3. The Kier molecular flexibility index (Phi) is 15.4. The van der Waals surface area contributed by atoms with Gasteiger partial charge in [-0.2, -0.15) is 13.2 Å². The highest BCUT2D eigenvalue weighted by atomic mass is 32.2. The summed E-state index contributed by atoms with van der Waals surface area (Å²) in [5, 5.41) is 0. The normalized spacial score (nSPS) is 9.96. The third-order valence-electron chi connectivity index (χ3n) is 2.28. The van der Waals surface area contributed by atoms with Crippen molar-refractivity contribution in [3.05, 3.63) is 23.8 Å². The minimum absolute atomic E-state index is 0.0910. The highest BCUT2D eigenvalue weighted by molar-refractivity contribution is 7.95. The Morgan fingerprint density at radius 2 is 1.60 bits per heavy atom. The van der Waals surface area contributed by atoms with Crippen molar-refractivity contribution in [2.24, 2.45) is 0 Å². The van der Waals surface area contributed by atoms with Crippen LogP contribution < -0.4 is 8.92 Å². The summed E-state index contributed by atoms with van der Waals surface area (Å²) in [7, 11) is 1.55. The first-order valence-electron chi connectivity index (χ1n) is 8.02. The Bertz CT molecular complexity index is 479. The van der Waals surface area contributed by atoms with E-state index in [1.165, 1.54) is 25.1 Å². The van der Waals surface area contributed by atoms with Crippen molar-refractivity contribution in [3.63, 3.8) is 0 Å². The first-order chi connectivity index (χ1) is 11.8. The second-order valence-corrected chi connectivity index (χ2v) is 4.85. The Morgan fingerprint density at radius 1 is 1.04 bits per heavy atom. The summed E-state index contributed by atoms with van der Waals surface area (Å²) in [5.74, 6) is -0.109. The second-order valence-electron chi connectivity index (χ2n) is 4.06. The maximum Gasteiger partial charge on any atom is 0.479 e. The molecule has 0 aromatic heterocycles. The van der Waals surface area contributed by atoms with Gasteiger partial charge in [-0.25, -0.2) is 0 Å². The number of ketones is 1. The topological polar surface area (TPSA) is 44.8 Å². The van der Waals surface area contributed by atoms with Gasteiger partial charge in [-0.15, -0.1) is 0 Å². The zero-order chi connectivity index (χ0) is 19.9. The van der Waals surface area contributed by atoms with Crippen LogP contribution in [-0.2, 0) is 4.74 Å². The van der Waals surface area contributed by atoms with E-state index in [-0.39, 0.29) is 22.8 Å². The molecule has 8 heteroatoms. The smallest absolute Gasteiger partial charge is 0.479 e. The number of ether oxygens (including phenoxy) is 2. The summed E-state index contributed by atoms with van der Waals surface area (Å²) in [6, 6.07) is 4.00. The van der Waals surface area contributed by atoms with Crippen molar-refractivity contribution in [3.8, 4) is 11.5 Å². The molecule has 0 unspecified atom stereocenters. The van der Waals surface area contributed by atoms with Gasteiger partial charge in [-0.05, 0) is 19.1 Å². The van der Waals surface area contributed by atoms with E-state index < -0.39 is 17.6 Å². The molecule has 0 atom stereocenters. The quantitative estimate of drug-likeness (QED) is 0.317. The third kappa shape index (κ3) is 13.5. The summed E-state index contributed by atoms with van der Waals surface area (Å²) in [5.41, 5.74) is -4.30. The van der Waals surface area contributed by atoms with Gasteiger partial charge in [0.25, 0.3) is 0 Å². The molecular weight excluding hydrogens is 357 g/mol. The summed E-state index contributed by atoms with van der Waals surface area (Å²) < 4.78 is 51.1. The first kappa shape index (κ1) is 25.8. The molecule has 0 spiro atoms. The fourth-order valence-electron chi connectivity index (χ4n) is 1.40. The predicted molar refractivity (Wildman–Crippen MR) is 95.4 cm³/mol. The van der Waals surface area contributed by atoms with Crippen LogP contribution in [0, 0.1) is 0 Å². The molecule has 25 heavy (non-hydrogen) atoms. The second kappa shape index (κ2) is 14.9. The lowest BCUT2D eigenvalue weighted by atomic mass is 10.1. The van der Waals surface area contributed by atoms with Crippen molar-refractivity contribution in [2.45, 2.75) is 46.5 Å². The molecule has 0 aliphatic carbocycles. The van der Waals surface area contributed by atoms with Crippen LogP contribution in [0.1, 0.15) is 51.4 Å². The largest absolute Gasteiger partial charge is 0.493 e. The van der Waals surface area contributed by atoms with Crippen LogP contribution in [-0.4, -0.2) is 31.6 Å². The van der Waals surface area contributed by atoms with E-state index in [2.05, 4.69) is 4.18 Å². The molecule has 0 radical (unpaired) electrons. The standard InChI is InChI=1S/C13H15F3O4S.2C2H6/c1-9(17)10-6-11(19-5-3-4-18-2)8-12(7-10)20-21-13(14,15)16;2*1-2/h6-8H,3-5H2,1-2H3;2*1-2H3. The van der Waals surface area contributed by atoms with E-state index >= 15 is 0 Å². The summed E-state index contributed by atoms with van der Waals surface area (Å²) >= 11 is -0.639. The molecule has 0 amide bonds. The van der Waals surface area contributed by atoms with Gasteiger partial charge in [0.1, 0.15) is 11.5 Å². The lowest BCUT2D eigenvalue weighted by Crippen LogP contribution is -2.05. The zero-order valence-corrected chi connectivity index (χ0v) is 16.3. The monoisotopic (exact) mass is 384 g/mol. The number of hydrogen-bond acceptors (Lipinski definition) is 5. The van der Waals surface area contributed by atoms with Gasteiger partial charge < -0.3 is 13.7 Å². The summed E-state index contributed by atoms with van der Waals surface area (Å²) in [4.78, 5) is 11.4.